The third-order valence-electron chi connectivity index (χ3n) is 1.70. The summed E-state index contributed by atoms with van der Waals surface area (Å²) >= 11 is 5.77. The first kappa shape index (κ1) is 10.6. The number of hydrogen-bond acceptors (Lipinski definition) is 4. The maximum Gasteiger partial charge on any atom is 0.269 e. The number of halogens is 1. The molecular weight excluding hydrogens is 208 g/mol. The monoisotopic (exact) mass is 214 g/mol. The number of nitro groups is 1. The van der Waals surface area contributed by atoms with Gasteiger partial charge in [0.15, 0.2) is 0 Å². The fraction of sp³-hybridized carbons (Fsp3) is 0.250. The number of nitroso groups, excluding NO2 is 1. The van der Waals surface area contributed by atoms with Gasteiger partial charge in [0.1, 0.15) is 6.54 Å². The number of rotatable bonds is 4. The molecule has 0 aliphatic heterocycles. The van der Waals surface area contributed by atoms with E-state index in [1.54, 1.807) is 0 Å². The molecule has 0 heterocycles. The van der Waals surface area contributed by atoms with Crippen molar-refractivity contribution < 1.29 is 4.92 Å². The number of nitro benzene ring substituents is 1. The second kappa shape index (κ2) is 4.66. The topological polar surface area (TPSA) is 72.6 Å². The van der Waals surface area contributed by atoms with E-state index in [2.05, 4.69) is 5.18 Å². The molecule has 0 aromatic heterocycles. The third-order valence-corrected chi connectivity index (χ3v) is 2.09. The van der Waals surface area contributed by atoms with E-state index in [9.17, 15) is 15.0 Å². The van der Waals surface area contributed by atoms with Crippen LogP contribution in [0.5, 0.6) is 0 Å². The van der Waals surface area contributed by atoms with Crippen LogP contribution in [0.4, 0.5) is 5.69 Å². The van der Waals surface area contributed by atoms with Gasteiger partial charge in [-0.15, -0.1) is 11.6 Å². The minimum atomic E-state index is -0.520. The predicted octanol–water partition coefficient (Wildman–Crippen LogP) is 2.64. The molecule has 1 rings (SSSR count). The number of non-ortho nitro benzene ring substituents is 1. The van der Waals surface area contributed by atoms with Gasteiger partial charge in [-0.25, -0.2) is 0 Å². The zero-order valence-corrected chi connectivity index (χ0v) is 7.85. The fourth-order valence-corrected chi connectivity index (χ4v) is 1.18. The number of hydrogen-bond donors (Lipinski definition) is 0. The van der Waals surface area contributed by atoms with Crippen LogP contribution in [0.25, 0.3) is 0 Å². The van der Waals surface area contributed by atoms with Crippen LogP contribution in [0.15, 0.2) is 29.4 Å². The van der Waals surface area contributed by atoms with E-state index in [0.717, 1.165) is 0 Å². The van der Waals surface area contributed by atoms with E-state index < -0.39 is 10.3 Å². The number of benzene rings is 1. The van der Waals surface area contributed by atoms with Crippen LogP contribution >= 0.6 is 11.6 Å². The Balaban J connectivity index is 2.82. The van der Waals surface area contributed by atoms with Crippen molar-refractivity contribution in [2.24, 2.45) is 5.18 Å². The molecular formula is C8H7ClN2O3. The van der Waals surface area contributed by atoms with Crippen LogP contribution < -0.4 is 0 Å². The summed E-state index contributed by atoms with van der Waals surface area (Å²) in [6.45, 7) is -0.0423. The zero-order valence-electron chi connectivity index (χ0n) is 7.09. The van der Waals surface area contributed by atoms with E-state index >= 15 is 0 Å². The quantitative estimate of drug-likeness (QED) is 0.335. The molecule has 0 fully saturated rings. The fourth-order valence-electron chi connectivity index (χ4n) is 0.976. The number of alkyl halides is 1. The molecule has 0 aliphatic carbocycles. The first-order valence-electron chi connectivity index (χ1n) is 3.82. The van der Waals surface area contributed by atoms with Crippen molar-refractivity contribution in [3.8, 4) is 0 Å². The Labute approximate surface area is 84.8 Å². The summed E-state index contributed by atoms with van der Waals surface area (Å²) in [6, 6.07) is 5.72. The summed E-state index contributed by atoms with van der Waals surface area (Å²) in [4.78, 5) is 19.7. The van der Waals surface area contributed by atoms with Gasteiger partial charge in [0.05, 0.1) is 10.3 Å². The maximum atomic E-state index is 10.3. The van der Waals surface area contributed by atoms with Gasteiger partial charge in [-0.3, -0.25) is 10.1 Å². The van der Waals surface area contributed by atoms with E-state index in [1.165, 1.54) is 24.3 Å². The second-order valence-electron chi connectivity index (χ2n) is 2.63. The highest BCUT2D eigenvalue weighted by atomic mass is 35.5. The molecule has 0 aliphatic rings. The normalized spacial score (nSPS) is 12.1. The standard InChI is InChI=1S/C8H7ClN2O3/c9-8(5-10-12)6-1-3-7(4-2-6)11(13)14/h1-4,8H,5H2. The van der Waals surface area contributed by atoms with Crippen LogP contribution in [0.3, 0.4) is 0 Å². The van der Waals surface area contributed by atoms with Gasteiger partial charge in [0, 0.05) is 12.1 Å². The van der Waals surface area contributed by atoms with Crippen molar-refractivity contribution >= 4 is 17.3 Å². The summed E-state index contributed by atoms with van der Waals surface area (Å²) in [6.07, 6.45) is 0. The van der Waals surface area contributed by atoms with Crippen molar-refractivity contribution in [2.45, 2.75) is 5.38 Å². The van der Waals surface area contributed by atoms with E-state index in [1.807, 2.05) is 0 Å². The van der Waals surface area contributed by atoms with Gasteiger partial charge < -0.3 is 0 Å². The van der Waals surface area contributed by atoms with Crippen molar-refractivity contribution in [2.75, 3.05) is 6.54 Å². The SMILES string of the molecule is O=NCC(Cl)c1ccc([N+](=O)[O-])cc1. The van der Waals surface area contributed by atoms with Gasteiger partial charge >= 0.3 is 0 Å². The van der Waals surface area contributed by atoms with Crippen molar-refractivity contribution in [1.29, 1.82) is 0 Å². The molecule has 1 aromatic rings. The lowest BCUT2D eigenvalue weighted by atomic mass is 10.1. The Kier molecular flexibility index (Phi) is 3.53. The molecule has 0 N–H and O–H groups in total. The molecule has 0 radical (unpaired) electrons. The van der Waals surface area contributed by atoms with Crippen LogP contribution in [0, 0.1) is 15.0 Å². The largest absolute Gasteiger partial charge is 0.269 e. The summed E-state index contributed by atoms with van der Waals surface area (Å²) in [5.41, 5.74) is 0.647. The van der Waals surface area contributed by atoms with E-state index in [4.69, 9.17) is 11.6 Å². The lowest BCUT2D eigenvalue weighted by Gasteiger charge is -2.03. The van der Waals surface area contributed by atoms with Gasteiger partial charge in [-0.2, -0.15) is 4.91 Å². The third kappa shape index (κ3) is 2.50. The van der Waals surface area contributed by atoms with Crippen molar-refractivity contribution in [3.05, 3.63) is 44.9 Å². The van der Waals surface area contributed by atoms with Crippen LogP contribution in [-0.4, -0.2) is 11.5 Å². The molecule has 5 nitrogen and oxygen atoms in total. The van der Waals surface area contributed by atoms with Gasteiger partial charge in [-0.1, -0.05) is 17.3 Å². The van der Waals surface area contributed by atoms with Crippen molar-refractivity contribution in [1.82, 2.24) is 0 Å². The smallest absolute Gasteiger partial charge is 0.258 e. The van der Waals surface area contributed by atoms with E-state index in [-0.39, 0.29) is 12.2 Å². The minimum absolute atomic E-state index is 0.00308. The van der Waals surface area contributed by atoms with Gasteiger partial charge in [-0.05, 0) is 5.56 Å². The Morgan fingerprint density at radius 1 is 1.43 bits per heavy atom. The van der Waals surface area contributed by atoms with Crippen LogP contribution in [-0.2, 0) is 0 Å². The first-order valence-corrected chi connectivity index (χ1v) is 4.26. The molecule has 0 bridgehead atoms. The maximum absolute atomic E-state index is 10.3. The average Bonchev–Trinajstić information content (AvgIpc) is 2.18. The van der Waals surface area contributed by atoms with Crippen LogP contribution in [0.1, 0.15) is 10.9 Å². The molecule has 0 amide bonds. The molecule has 0 spiro atoms. The molecule has 1 unspecified atom stereocenters. The molecule has 0 saturated heterocycles. The molecule has 1 aromatic carbocycles. The summed E-state index contributed by atoms with van der Waals surface area (Å²) in [7, 11) is 0. The summed E-state index contributed by atoms with van der Waals surface area (Å²) < 4.78 is 0. The lowest BCUT2D eigenvalue weighted by molar-refractivity contribution is -0.384. The molecule has 6 heteroatoms. The highest BCUT2D eigenvalue weighted by Gasteiger charge is 2.10. The zero-order chi connectivity index (χ0) is 10.6. The van der Waals surface area contributed by atoms with Gasteiger partial charge in [0.2, 0.25) is 0 Å². The Hall–Kier alpha value is -1.49. The molecule has 14 heavy (non-hydrogen) atoms. The molecule has 0 saturated carbocycles. The summed E-state index contributed by atoms with van der Waals surface area (Å²) in [5, 5.41) is 12.4. The Morgan fingerprint density at radius 2 is 2.00 bits per heavy atom. The Morgan fingerprint density at radius 3 is 2.43 bits per heavy atom. The van der Waals surface area contributed by atoms with Crippen LogP contribution in [0.2, 0.25) is 0 Å². The Bertz CT molecular complexity index is 339. The molecule has 1 atom stereocenters. The first-order chi connectivity index (χ1) is 6.65. The van der Waals surface area contributed by atoms with Gasteiger partial charge in [0.25, 0.3) is 5.69 Å². The highest BCUT2D eigenvalue weighted by molar-refractivity contribution is 6.21. The second-order valence-corrected chi connectivity index (χ2v) is 3.15. The highest BCUT2D eigenvalue weighted by Crippen LogP contribution is 2.22. The van der Waals surface area contributed by atoms with E-state index in [0.29, 0.717) is 5.56 Å². The number of nitrogens with zero attached hydrogens (tertiary/aromatic N) is 2. The van der Waals surface area contributed by atoms with Crippen molar-refractivity contribution in [3.63, 3.8) is 0 Å². The average molecular weight is 215 g/mol. The summed E-state index contributed by atoms with van der Waals surface area (Å²) in [5.74, 6) is 0. The minimum Gasteiger partial charge on any atom is -0.258 e. The predicted molar refractivity (Wildman–Crippen MR) is 52.4 cm³/mol. The molecule has 74 valence electrons. The lowest BCUT2D eigenvalue weighted by Crippen LogP contribution is -1.95.